The maximum Gasteiger partial charge on any atom is 0.342 e. The van der Waals surface area contributed by atoms with Crippen molar-refractivity contribution in [2.24, 2.45) is 11.7 Å². The number of nitrogens with two attached hydrogens (primary N) is 1. The van der Waals surface area contributed by atoms with Crippen LogP contribution < -0.4 is 21.9 Å². The zero-order valence-corrected chi connectivity index (χ0v) is 10.5. The van der Waals surface area contributed by atoms with Crippen LogP contribution in [0.2, 0.25) is 0 Å². The first-order valence-corrected chi connectivity index (χ1v) is 6.25. The largest absolute Gasteiger partial charge is 0.350 e. The molecular formula is C11H19N5O2. The maximum atomic E-state index is 11.7. The number of rotatable bonds is 3. The van der Waals surface area contributed by atoms with E-state index in [0.717, 1.165) is 19.3 Å². The number of nitrogens with one attached hydrogen (secondary N) is 2. The Morgan fingerprint density at radius 3 is 2.78 bits per heavy atom. The molecule has 0 radical (unpaired) electrons. The van der Waals surface area contributed by atoms with Gasteiger partial charge in [-0.2, -0.15) is 0 Å². The molecule has 0 bridgehead atoms. The Morgan fingerprint density at radius 2 is 2.11 bits per heavy atom. The smallest absolute Gasteiger partial charge is 0.342 e. The first-order chi connectivity index (χ1) is 8.63. The maximum absolute atomic E-state index is 11.7. The van der Waals surface area contributed by atoms with Crippen LogP contribution >= 0.6 is 0 Å². The molecule has 7 nitrogen and oxygen atoms in total. The molecule has 1 saturated carbocycles. The van der Waals surface area contributed by atoms with Gasteiger partial charge >= 0.3 is 5.69 Å². The van der Waals surface area contributed by atoms with Crippen LogP contribution in [0, 0.1) is 5.92 Å². The highest BCUT2D eigenvalue weighted by Gasteiger charge is 2.29. The van der Waals surface area contributed by atoms with Crippen molar-refractivity contribution in [3.8, 4) is 0 Å². The van der Waals surface area contributed by atoms with Gasteiger partial charge in [0.1, 0.15) is 0 Å². The quantitative estimate of drug-likeness (QED) is 0.667. The van der Waals surface area contributed by atoms with Crippen molar-refractivity contribution < 1.29 is 0 Å². The number of aromatic amines is 2. The number of H-pyrrole nitrogens is 2. The minimum Gasteiger partial charge on any atom is -0.350 e. The summed E-state index contributed by atoms with van der Waals surface area (Å²) in [6.45, 7) is 0.607. The standard InChI is InChI=1S/C11H19N5O2/c1-16(8-5-3-2-4-7(8)6-12)9-10(17)13-11(18)15-14-9/h7-8H,2-6,12H2,1H3,(H2,13,15,17,18). The molecule has 1 heterocycles. The molecule has 1 aromatic rings. The molecule has 1 fully saturated rings. The van der Waals surface area contributed by atoms with Crippen molar-refractivity contribution in [1.29, 1.82) is 0 Å². The third kappa shape index (κ3) is 2.45. The van der Waals surface area contributed by atoms with Crippen LogP contribution in [0.5, 0.6) is 0 Å². The van der Waals surface area contributed by atoms with Gasteiger partial charge in [0.25, 0.3) is 5.56 Å². The lowest BCUT2D eigenvalue weighted by Crippen LogP contribution is -2.46. The van der Waals surface area contributed by atoms with Crippen molar-refractivity contribution in [3.63, 3.8) is 0 Å². The Morgan fingerprint density at radius 1 is 1.39 bits per heavy atom. The van der Waals surface area contributed by atoms with Gasteiger partial charge in [-0.05, 0) is 25.3 Å². The predicted molar refractivity (Wildman–Crippen MR) is 68.7 cm³/mol. The van der Waals surface area contributed by atoms with E-state index in [2.05, 4.69) is 15.2 Å². The lowest BCUT2D eigenvalue weighted by molar-refractivity contribution is 0.305. The van der Waals surface area contributed by atoms with Crippen LogP contribution in [0.4, 0.5) is 5.82 Å². The summed E-state index contributed by atoms with van der Waals surface area (Å²) in [5.41, 5.74) is 4.74. The summed E-state index contributed by atoms with van der Waals surface area (Å²) in [7, 11) is 1.83. The summed E-state index contributed by atoms with van der Waals surface area (Å²) in [5.74, 6) is 0.622. The summed E-state index contributed by atoms with van der Waals surface area (Å²) in [6, 6.07) is 0.211. The highest BCUT2D eigenvalue weighted by molar-refractivity contribution is 5.34. The molecule has 1 aromatic heterocycles. The molecule has 7 heteroatoms. The molecule has 1 aliphatic rings. The monoisotopic (exact) mass is 253 g/mol. The van der Waals surface area contributed by atoms with Gasteiger partial charge in [-0.1, -0.05) is 12.8 Å². The molecule has 1 aliphatic carbocycles. The third-order valence-electron chi connectivity index (χ3n) is 3.70. The molecule has 0 saturated heterocycles. The van der Waals surface area contributed by atoms with E-state index in [-0.39, 0.29) is 11.9 Å². The Hall–Kier alpha value is -1.63. The molecule has 100 valence electrons. The van der Waals surface area contributed by atoms with Crippen molar-refractivity contribution in [1.82, 2.24) is 15.2 Å². The summed E-state index contributed by atoms with van der Waals surface area (Å²) < 4.78 is 0. The van der Waals surface area contributed by atoms with Gasteiger partial charge in [-0.15, -0.1) is 5.10 Å². The van der Waals surface area contributed by atoms with E-state index in [4.69, 9.17) is 5.73 Å². The molecule has 0 spiro atoms. The van der Waals surface area contributed by atoms with Crippen LogP contribution in [-0.4, -0.2) is 34.8 Å². The second kappa shape index (κ2) is 5.34. The minimum atomic E-state index is -0.587. The summed E-state index contributed by atoms with van der Waals surface area (Å²) >= 11 is 0. The second-order valence-corrected chi connectivity index (χ2v) is 4.79. The summed E-state index contributed by atoms with van der Waals surface area (Å²) in [6.07, 6.45) is 4.39. The zero-order valence-electron chi connectivity index (χ0n) is 10.5. The van der Waals surface area contributed by atoms with Crippen LogP contribution in [0.15, 0.2) is 9.59 Å². The zero-order chi connectivity index (χ0) is 13.1. The number of hydrogen-bond acceptors (Lipinski definition) is 5. The average molecular weight is 253 g/mol. The number of aromatic nitrogens is 3. The van der Waals surface area contributed by atoms with E-state index < -0.39 is 11.2 Å². The van der Waals surface area contributed by atoms with Crippen molar-refractivity contribution >= 4 is 5.82 Å². The lowest BCUT2D eigenvalue weighted by atomic mass is 9.84. The Labute approximate surface area is 104 Å². The third-order valence-corrected chi connectivity index (χ3v) is 3.70. The number of nitrogens with zero attached hydrogens (tertiary/aromatic N) is 2. The summed E-state index contributed by atoms with van der Waals surface area (Å²) in [5, 5.41) is 6.09. The van der Waals surface area contributed by atoms with Crippen molar-refractivity contribution in [2.75, 3.05) is 18.5 Å². The molecule has 18 heavy (non-hydrogen) atoms. The highest BCUT2D eigenvalue weighted by atomic mass is 16.2. The highest BCUT2D eigenvalue weighted by Crippen LogP contribution is 2.28. The SMILES string of the molecule is CN(c1n[nH]c(=O)[nH]c1=O)C1CCCCC1CN. The first kappa shape index (κ1) is 12.8. The Bertz CT molecular complexity index is 509. The topological polar surface area (TPSA) is 108 Å². The normalized spacial score (nSPS) is 23.9. The van der Waals surface area contributed by atoms with E-state index in [1.807, 2.05) is 11.9 Å². The van der Waals surface area contributed by atoms with Crippen LogP contribution in [0.1, 0.15) is 25.7 Å². The fourth-order valence-electron chi connectivity index (χ4n) is 2.71. The Balaban J connectivity index is 2.26. The van der Waals surface area contributed by atoms with Gasteiger partial charge in [0.15, 0.2) is 0 Å². The fourth-order valence-corrected chi connectivity index (χ4v) is 2.71. The van der Waals surface area contributed by atoms with Crippen LogP contribution in [-0.2, 0) is 0 Å². The van der Waals surface area contributed by atoms with Gasteiger partial charge in [0.05, 0.1) is 0 Å². The van der Waals surface area contributed by atoms with Crippen LogP contribution in [0.25, 0.3) is 0 Å². The fraction of sp³-hybridized carbons (Fsp3) is 0.727. The first-order valence-electron chi connectivity index (χ1n) is 6.25. The molecule has 2 unspecified atom stereocenters. The molecule has 0 aromatic carbocycles. The molecule has 0 amide bonds. The van der Waals surface area contributed by atoms with Gasteiger partial charge in [0.2, 0.25) is 5.82 Å². The Kier molecular flexibility index (Phi) is 3.81. The van der Waals surface area contributed by atoms with E-state index >= 15 is 0 Å². The van der Waals surface area contributed by atoms with Crippen LogP contribution in [0.3, 0.4) is 0 Å². The molecule has 2 atom stereocenters. The van der Waals surface area contributed by atoms with Gasteiger partial charge < -0.3 is 10.6 Å². The summed E-state index contributed by atoms with van der Waals surface area (Å²) in [4.78, 5) is 26.7. The van der Waals surface area contributed by atoms with Gasteiger partial charge in [0, 0.05) is 13.1 Å². The minimum absolute atomic E-state index is 0.211. The average Bonchev–Trinajstić information content (AvgIpc) is 2.38. The van der Waals surface area contributed by atoms with E-state index in [1.54, 1.807) is 0 Å². The van der Waals surface area contributed by atoms with E-state index in [1.165, 1.54) is 6.42 Å². The molecule has 4 N–H and O–H groups in total. The van der Waals surface area contributed by atoms with Gasteiger partial charge in [-0.3, -0.25) is 9.78 Å². The van der Waals surface area contributed by atoms with E-state index in [9.17, 15) is 9.59 Å². The second-order valence-electron chi connectivity index (χ2n) is 4.79. The molecular weight excluding hydrogens is 234 g/mol. The number of anilines is 1. The van der Waals surface area contributed by atoms with Crippen molar-refractivity contribution in [3.05, 3.63) is 20.8 Å². The number of hydrogen-bond donors (Lipinski definition) is 3. The van der Waals surface area contributed by atoms with Crippen molar-refractivity contribution in [2.45, 2.75) is 31.7 Å². The molecule has 0 aliphatic heterocycles. The van der Waals surface area contributed by atoms with E-state index in [0.29, 0.717) is 12.5 Å². The predicted octanol–water partition coefficient (Wildman–Crippen LogP) is -0.588. The lowest BCUT2D eigenvalue weighted by Gasteiger charge is -2.37. The van der Waals surface area contributed by atoms with Gasteiger partial charge in [-0.25, -0.2) is 9.89 Å². The molecule has 2 rings (SSSR count).